The van der Waals surface area contributed by atoms with E-state index in [9.17, 15) is 14.4 Å². The van der Waals surface area contributed by atoms with E-state index in [0.29, 0.717) is 37.2 Å². The minimum absolute atomic E-state index is 0.0515. The predicted octanol–water partition coefficient (Wildman–Crippen LogP) is 2.18. The van der Waals surface area contributed by atoms with E-state index in [1.54, 1.807) is 36.1 Å². The van der Waals surface area contributed by atoms with E-state index in [1.165, 1.54) is 0 Å². The van der Waals surface area contributed by atoms with Crippen LogP contribution in [0.4, 0.5) is 4.79 Å². The molecule has 0 spiro atoms. The second kappa shape index (κ2) is 9.27. The third-order valence-electron chi connectivity index (χ3n) is 3.83. The summed E-state index contributed by atoms with van der Waals surface area (Å²) in [5.74, 6) is -0.0229. The maximum absolute atomic E-state index is 12.5. The summed E-state index contributed by atoms with van der Waals surface area (Å²) in [5.41, 5.74) is 0.513. The Morgan fingerprint density at radius 1 is 1.20 bits per heavy atom. The molecule has 7 nitrogen and oxygen atoms in total. The number of piperidine rings is 1. The zero-order valence-electron chi connectivity index (χ0n) is 14.0. The molecule has 136 valence electrons. The number of likely N-dealkylation sites (tertiary alicyclic amines) is 1. The zero-order valence-corrected chi connectivity index (χ0v) is 14.8. The van der Waals surface area contributed by atoms with Crippen molar-refractivity contribution in [3.8, 4) is 5.75 Å². The molecule has 1 heterocycles. The molecule has 0 atom stereocenters. The Balaban J connectivity index is 1.87. The molecule has 8 heteroatoms. The topological polar surface area (TPSA) is 84.9 Å². The van der Waals surface area contributed by atoms with Gasteiger partial charge in [-0.1, -0.05) is 0 Å². The van der Waals surface area contributed by atoms with E-state index < -0.39 is 6.16 Å². The Bertz CT molecular complexity index is 612. The smallest absolute Gasteiger partial charge is 0.434 e. The Morgan fingerprint density at radius 2 is 1.84 bits per heavy atom. The average molecular weight is 369 g/mol. The number of alkyl halides is 1. The number of nitrogens with zero attached hydrogens (tertiary/aromatic N) is 1. The second-order valence-corrected chi connectivity index (χ2v) is 5.84. The van der Waals surface area contributed by atoms with Crippen LogP contribution >= 0.6 is 11.6 Å². The highest BCUT2D eigenvalue weighted by Crippen LogP contribution is 2.17. The van der Waals surface area contributed by atoms with E-state index >= 15 is 0 Å². The molecule has 1 aromatic rings. The first-order valence-electron chi connectivity index (χ1n) is 8.12. The van der Waals surface area contributed by atoms with Crippen LogP contribution in [0.15, 0.2) is 24.3 Å². The largest absolute Gasteiger partial charge is 0.513 e. The number of ether oxygens (including phenoxy) is 2. The van der Waals surface area contributed by atoms with Gasteiger partial charge in [0, 0.05) is 24.7 Å². The number of benzene rings is 1. The van der Waals surface area contributed by atoms with Gasteiger partial charge in [-0.05, 0) is 44.0 Å². The number of nitrogens with one attached hydrogen (secondary N) is 1. The highest BCUT2D eigenvalue weighted by atomic mass is 35.5. The van der Waals surface area contributed by atoms with Gasteiger partial charge in [-0.15, -0.1) is 11.6 Å². The lowest BCUT2D eigenvalue weighted by atomic mass is 10.0. The van der Waals surface area contributed by atoms with Crippen molar-refractivity contribution in [2.45, 2.75) is 25.8 Å². The van der Waals surface area contributed by atoms with Crippen LogP contribution in [0.2, 0.25) is 0 Å². The molecular weight excluding hydrogens is 348 g/mol. The van der Waals surface area contributed by atoms with E-state index in [1.807, 2.05) is 0 Å². The molecule has 0 unspecified atom stereocenters. The molecule has 1 aliphatic heterocycles. The van der Waals surface area contributed by atoms with Gasteiger partial charge in [-0.2, -0.15) is 0 Å². The van der Waals surface area contributed by atoms with Crippen molar-refractivity contribution < 1.29 is 23.9 Å². The van der Waals surface area contributed by atoms with Gasteiger partial charge in [0.05, 0.1) is 6.61 Å². The fourth-order valence-electron chi connectivity index (χ4n) is 2.58. The maximum atomic E-state index is 12.5. The van der Waals surface area contributed by atoms with Gasteiger partial charge in [-0.25, -0.2) is 4.79 Å². The predicted molar refractivity (Wildman–Crippen MR) is 91.9 cm³/mol. The minimum Gasteiger partial charge on any atom is -0.434 e. The third-order valence-corrected chi connectivity index (χ3v) is 4.08. The monoisotopic (exact) mass is 368 g/mol. The molecule has 25 heavy (non-hydrogen) atoms. The maximum Gasteiger partial charge on any atom is 0.513 e. The Hall–Kier alpha value is -2.28. The lowest BCUT2D eigenvalue weighted by Crippen LogP contribution is -2.46. The van der Waals surface area contributed by atoms with Gasteiger partial charge in [0.25, 0.3) is 5.91 Å². The highest BCUT2D eigenvalue weighted by Gasteiger charge is 2.24. The molecular formula is C17H21ClN2O5. The summed E-state index contributed by atoms with van der Waals surface area (Å²) in [6.07, 6.45) is 0.610. The molecule has 2 rings (SSSR count). The van der Waals surface area contributed by atoms with Crippen molar-refractivity contribution in [1.29, 1.82) is 0 Å². The summed E-state index contributed by atoms with van der Waals surface area (Å²) >= 11 is 5.48. The van der Waals surface area contributed by atoms with Crippen LogP contribution in [0, 0.1) is 0 Å². The highest BCUT2D eigenvalue weighted by molar-refractivity contribution is 6.27. The van der Waals surface area contributed by atoms with Crippen LogP contribution in [0.3, 0.4) is 0 Å². The van der Waals surface area contributed by atoms with E-state index in [2.05, 4.69) is 10.1 Å². The lowest BCUT2D eigenvalue weighted by Gasteiger charge is -2.32. The van der Waals surface area contributed by atoms with Gasteiger partial charge in [0.2, 0.25) is 5.91 Å². The normalized spacial score (nSPS) is 14.7. The van der Waals surface area contributed by atoms with E-state index in [-0.39, 0.29) is 30.3 Å². The van der Waals surface area contributed by atoms with E-state index in [0.717, 1.165) is 0 Å². The first-order chi connectivity index (χ1) is 12.0. The lowest BCUT2D eigenvalue weighted by molar-refractivity contribution is -0.119. The fraction of sp³-hybridized carbons (Fsp3) is 0.471. The van der Waals surface area contributed by atoms with Gasteiger partial charge in [-0.3, -0.25) is 9.59 Å². The second-order valence-electron chi connectivity index (χ2n) is 5.58. The average Bonchev–Trinajstić information content (AvgIpc) is 2.62. The molecule has 1 saturated heterocycles. The summed E-state index contributed by atoms with van der Waals surface area (Å²) in [6, 6.07) is 6.38. The van der Waals surface area contributed by atoms with Crippen molar-refractivity contribution in [3.63, 3.8) is 0 Å². The molecule has 1 N–H and O–H groups in total. The summed E-state index contributed by atoms with van der Waals surface area (Å²) in [7, 11) is 0. The fourth-order valence-corrected chi connectivity index (χ4v) is 2.66. The molecule has 0 aromatic heterocycles. The Kier molecular flexibility index (Phi) is 7.06. The molecule has 1 fully saturated rings. The van der Waals surface area contributed by atoms with Crippen molar-refractivity contribution in [2.75, 3.05) is 25.6 Å². The van der Waals surface area contributed by atoms with Crippen LogP contribution in [0.5, 0.6) is 5.75 Å². The van der Waals surface area contributed by atoms with Crippen molar-refractivity contribution in [2.24, 2.45) is 0 Å². The zero-order chi connectivity index (χ0) is 18.2. The van der Waals surface area contributed by atoms with Crippen molar-refractivity contribution in [3.05, 3.63) is 29.8 Å². The summed E-state index contributed by atoms with van der Waals surface area (Å²) in [4.78, 5) is 36.8. The first-order valence-corrected chi connectivity index (χ1v) is 8.66. The standard InChI is InChI=1S/C17H21ClN2O5/c1-2-24-17(23)25-14-5-3-12(4-6-14)16(22)20-9-7-13(8-10-20)19-15(21)11-18/h3-6,13H,2,7-11H2,1H3,(H,19,21). The molecule has 2 amide bonds. The SMILES string of the molecule is CCOC(=O)Oc1ccc(C(=O)N2CCC(NC(=O)CCl)CC2)cc1. The molecule has 0 saturated carbocycles. The van der Waals surface area contributed by atoms with Gasteiger partial charge in [0.1, 0.15) is 11.6 Å². The number of carbonyl (C=O) groups excluding carboxylic acids is 3. The summed E-state index contributed by atoms with van der Waals surface area (Å²) in [5, 5.41) is 2.83. The first kappa shape index (κ1) is 19.1. The molecule has 0 aliphatic carbocycles. The number of amides is 2. The number of hydrogen-bond donors (Lipinski definition) is 1. The van der Waals surface area contributed by atoms with Gasteiger partial charge in [0.15, 0.2) is 0 Å². The van der Waals surface area contributed by atoms with Crippen LogP contribution in [0.1, 0.15) is 30.1 Å². The van der Waals surface area contributed by atoms with Crippen molar-refractivity contribution >= 4 is 29.6 Å². The molecule has 1 aliphatic rings. The Morgan fingerprint density at radius 3 is 2.40 bits per heavy atom. The summed E-state index contributed by atoms with van der Waals surface area (Å²) in [6.45, 7) is 3.05. The number of carbonyl (C=O) groups is 3. The number of halogens is 1. The van der Waals surface area contributed by atoms with Crippen LogP contribution in [0.25, 0.3) is 0 Å². The van der Waals surface area contributed by atoms with Gasteiger partial charge < -0.3 is 19.7 Å². The molecule has 1 aromatic carbocycles. The minimum atomic E-state index is -0.775. The molecule has 0 radical (unpaired) electrons. The Labute approximate surface area is 151 Å². The summed E-state index contributed by atoms with van der Waals surface area (Å²) < 4.78 is 9.65. The van der Waals surface area contributed by atoms with Crippen molar-refractivity contribution in [1.82, 2.24) is 10.2 Å². The quantitative estimate of drug-likeness (QED) is 0.489. The van der Waals surface area contributed by atoms with Crippen LogP contribution in [-0.4, -0.2) is 54.5 Å². The van der Waals surface area contributed by atoms with E-state index in [4.69, 9.17) is 16.3 Å². The number of hydrogen-bond acceptors (Lipinski definition) is 5. The molecule has 0 bridgehead atoms. The third kappa shape index (κ3) is 5.63. The number of rotatable bonds is 5. The van der Waals surface area contributed by atoms with Gasteiger partial charge >= 0.3 is 6.16 Å². The van der Waals surface area contributed by atoms with Crippen LogP contribution < -0.4 is 10.1 Å². The van der Waals surface area contributed by atoms with Crippen LogP contribution in [-0.2, 0) is 9.53 Å².